The van der Waals surface area contributed by atoms with Crippen LogP contribution in [0.5, 0.6) is 0 Å². The third-order valence-corrected chi connectivity index (χ3v) is 8.02. The second kappa shape index (κ2) is 8.24. The number of aryl methyl sites for hydroxylation is 1. The minimum atomic E-state index is -3.60. The van der Waals surface area contributed by atoms with Crippen LogP contribution in [0.15, 0.2) is 71.6 Å². The van der Waals surface area contributed by atoms with Gasteiger partial charge in [0.05, 0.1) is 15.9 Å². The standard InChI is InChI=1S/C24H23ClN4O2S/c1-17-7-8-19(25)15-23(17)28-11-13-29(14-12-28)32(30,31)20-9-10-21-22(16-20)27-24(26-21)18-5-3-2-4-6-18/h2-10,15-16H,11-14H2,1H3,(H,26,27). The van der Waals surface area contributed by atoms with Crippen LogP contribution in [0.25, 0.3) is 22.4 Å². The summed E-state index contributed by atoms with van der Waals surface area (Å²) in [6.45, 7) is 4.11. The first-order valence-corrected chi connectivity index (χ1v) is 12.3. The third-order valence-electron chi connectivity index (χ3n) is 5.89. The van der Waals surface area contributed by atoms with E-state index in [0.717, 1.165) is 28.2 Å². The van der Waals surface area contributed by atoms with E-state index in [1.807, 2.05) is 55.5 Å². The molecule has 2 heterocycles. The number of hydrogen-bond donors (Lipinski definition) is 1. The highest BCUT2D eigenvalue weighted by atomic mass is 35.5. The van der Waals surface area contributed by atoms with Crippen LogP contribution in [0.4, 0.5) is 5.69 Å². The number of nitrogens with zero attached hydrogens (tertiary/aromatic N) is 3. The molecule has 4 aromatic rings. The van der Waals surface area contributed by atoms with Crippen LogP contribution in [-0.2, 0) is 10.0 Å². The second-order valence-corrected chi connectivity index (χ2v) is 10.3. The van der Waals surface area contributed by atoms with Crippen molar-refractivity contribution in [1.82, 2.24) is 14.3 Å². The number of rotatable bonds is 4. The van der Waals surface area contributed by atoms with Gasteiger partial charge in [0.1, 0.15) is 5.82 Å². The van der Waals surface area contributed by atoms with E-state index in [1.165, 1.54) is 0 Å². The predicted octanol–water partition coefficient (Wildman–Crippen LogP) is 4.70. The Kier molecular flexibility index (Phi) is 5.41. The summed E-state index contributed by atoms with van der Waals surface area (Å²) >= 11 is 6.16. The molecule has 0 unspecified atom stereocenters. The van der Waals surface area contributed by atoms with Crippen molar-refractivity contribution in [3.05, 3.63) is 77.3 Å². The quantitative estimate of drug-likeness (QED) is 0.473. The smallest absolute Gasteiger partial charge is 0.243 e. The van der Waals surface area contributed by atoms with Crippen molar-refractivity contribution in [2.45, 2.75) is 11.8 Å². The van der Waals surface area contributed by atoms with Gasteiger partial charge in [-0.15, -0.1) is 0 Å². The summed E-state index contributed by atoms with van der Waals surface area (Å²) < 4.78 is 28.2. The van der Waals surface area contributed by atoms with Gasteiger partial charge in [0.25, 0.3) is 0 Å². The Balaban J connectivity index is 1.37. The van der Waals surface area contributed by atoms with E-state index in [1.54, 1.807) is 22.5 Å². The van der Waals surface area contributed by atoms with Gasteiger partial charge in [-0.3, -0.25) is 0 Å². The highest BCUT2D eigenvalue weighted by Crippen LogP contribution is 2.28. The van der Waals surface area contributed by atoms with Crippen LogP contribution in [0.1, 0.15) is 5.56 Å². The third kappa shape index (κ3) is 3.88. The van der Waals surface area contributed by atoms with Crippen LogP contribution in [0.3, 0.4) is 0 Å². The maximum atomic E-state index is 13.3. The summed E-state index contributed by atoms with van der Waals surface area (Å²) in [5, 5.41) is 0.684. The van der Waals surface area contributed by atoms with Crippen molar-refractivity contribution in [2.24, 2.45) is 0 Å². The van der Waals surface area contributed by atoms with Crippen LogP contribution in [-0.4, -0.2) is 48.9 Å². The Hall–Kier alpha value is -2.87. The van der Waals surface area contributed by atoms with E-state index >= 15 is 0 Å². The number of sulfonamides is 1. The Labute approximate surface area is 192 Å². The van der Waals surface area contributed by atoms with Crippen molar-refractivity contribution >= 4 is 38.3 Å². The number of fused-ring (bicyclic) bond motifs is 1. The number of aromatic amines is 1. The number of imidazole rings is 1. The maximum absolute atomic E-state index is 13.3. The molecule has 1 aliphatic heterocycles. The van der Waals surface area contributed by atoms with Crippen LogP contribution in [0.2, 0.25) is 5.02 Å². The number of nitrogens with one attached hydrogen (secondary N) is 1. The lowest BCUT2D eigenvalue weighted by Crippen LogP contribution is -2.48. The molecule has 0 bridgehead atoms. The first-order chi connectivity index (χ1) is 15.4. The zero-order valence-electron chi connectivity index (χ0n) is 17.6. The fraction of sp³-hybridized carbons (Fsp3) is 0.208. The number of piperazine rings is 1. The lowest BCUT2D eigenvalue weighted by molar-refractivity contribution is 0.385. The molecule has 0 spiro atoms. The van der Waals surface area contributed by atoms with Crippen LogP contribution in [0, 0.1) is 6.92 Å². The molecule has 0 radical (unpaired) electrons. The monoisotopic (exact) mass is 466 g/mol. The molecule has 3 aromatic carbocycles. The number of anilines is 1. The van der Waals surface area contributed by atoms with Gasteiger partial charge in [-0.25, -0.2) is 13.4 Å². The van der Waals surface area contributed by atoms with E-state index < -0.39 is 10.0 Å². The van der Waals surface area contributed by atoms with Gasteiger partial charge in [-0.1, -0.05) is 48.0 Å². The molecule has 6 nitrogen and oxygen atoms in total. The summed E-state index contributed by atoms with van der Waals surface area (Å²) in [6.07, 6.45) is 0. The van der Waals surface area contributed by atoms with Gasteiger partial charge in [0.2, 0.25) is 10.0 Å². The fourth-order valence-corrected chi connectivity index (χ4v) is 5.74. The molecule has 1 aliphatic rings. The summed E-state index contributed by atoms with van der Waals surface area (Å²) in [5.74, 6) is 0.723. The Bertz CT molecular complexity index is 1380. The molecule has 0 saturated carbocycles. The van der Waals surface area contributed by atoms with Gasteiger partial charge in [0.15, 0.2) is 0 Å². The van der Waals surface area contributed by atoms with Gasteiger partial charge >= 0.3 is 0 Å². The zero-order chi connectivity index (χ0) is 22.3. The predicted molar refractivity (Wildman–Crippen MR) is 129 cm³/mol. The highest BCUT2D eigenvalue weighted by Gasteiger charge is 2.29. The molecular formula is C24H23ClN4O2S. The van der Waals surface area contributed by atoms with E-state index in [9.17, 15) is 8.42 Å². The minimum absolute atomic E-state index is 0.278. The molecule has 1 aromatic heterocycles. The number of benzene rings is 3. The van der Waals surface area contributed by atoms with Crippen LogP contribution < -0.4 is 4.90 Å². The Morgan fingerprint density at radius 3 is 2.44 bits per heavy atom. The van der Waals surface area contributed by atoms with Crippen LogP contribution >= 0.6 is 11.6 Å². The molecule has 0 aliphatic carbocycles. The average Bonchev–Trinajstić information content (AvgIpc) is 3.25. The maximum Gasteiger partial charge on any atom is 0.243 e. The first kappa shape index (κ1) is 21.0. The number of H-pyrrole nitrogens is 1. The van der Waals surface area contributed by atoms with Crippen molar-refractivity contribution in [1.29, 1.82) is 0 Å². The molecule has 8 heteroatoms. The van der Waals surface area contributed by atoms with E-state index in [0.29, 0.717) is 36.7 Å². The van der Waals surface area contributed by atoms with Crippen molar-refractivity contribution in [2.75, 3.05) is 31.1 Å². The normalized spacial score (nSPS) is 15.4. The second-order valence-electron chi connectivity index (χ2n) is 7.95. The summed E-state index contributed by atoms with van der Waals surface area (Å²) in [4.78, 5) is 10.3. The zero-order valence-corrected chi connectivity index (χ0v) is 19.2. The molecule has 0 atom stereocenters. The van der Waals surface area contributed by atoms with Gasteiger partial charge in [0, 0.05) is 42.5 Å². The Morgan fingerprint density at radius 2 is 1.69 bits per heavy atom. The fourth-order valence-electron chi connectivity index (χ4n) is 4.12. The number of hydrogen-bond acceptors (Lipinski definition) is 4. The lowest BCUT2D eigenvalue weighted by atomic mass is 10.1. The van der Waals surface area contributed by atoms with Crippen molar-refractivity contribution < 1.29 is 8.42 Å². The molecular weight excluding hydrogens is 444 g/mol. The Morgan fingerprint density at radius 1 is 0.938 bits per heavy atom. The molecule has 32 heavy (non-hydrogen) atoms. The summed E-state index contributed by atoms with van der Waals surface area (Å²) in [6, 6.07) is 20.7. The topological polar surface area (TPSA) is 69.3 Å². The molecule has 1 saturated heterocycles. The van der Waals surface area contributed by atoms with E-state index in [2.05, 4.69) is 14.9 Å². The SMILES string of the molecule is Cc1ccc(Cl)cc1N1CCN(S(=O)(=O)c2ccc3nc(-c4ccccc4)[nH]c3c2)CC1. The molecule has 5 rings (SSSR count). The number of aromatic nitrogens is 2. The molecule has 1 N–H and O–H groups in total. The molecule has 164 valence electrons. The summed E-state index contributed by atoms with van der Waals surface area (Å²) in [7, 11) is -3.60. The van der Waals surface area contributed by atoms with Crippen molar-refractivity contribution in [3.63, 3.8) is 0 Å². The van der Waals surface area contributed by atoms with Gasteiger partial charge in [-0.05, 0) is 42.8 Å². The molecule has 0 amide bonds. The van der Waals surface area contributed by atoms with Crippen molar-refractivity contribution in [3.8, 4) is 11.4 Å². The average molecular weight is 467 g/mol. The molecule has 1 fully saturated rings. The largest absolute Gasteiger partial charge is 0.369 e. The lowest BCUT2D eigenvalue weighted by Gasteiger charge is -2.36. The van der Waals surface area contributed by atoms with Gasteiger partial charge < -0.3 is 9.88 Å². The minimum Gasteiger partial charge on any atom is -0.369 e. The van der Waals surface area contributed by atoms with Gasteiger partial charge in [-0.2, -0.15) is 4.31 Å². The highest BCUT2D eigenvalue weighted by molar-refractivity contribution is 7.89. The van der Waals surface area contributed by atoms with E-state index in [-0.39, 0.29) is 4.90 Å². The summed E-state index contributed by atoms with van der Waals surface area (Å²) in [5.41, 5.74) is 4.59. The van der Waals surface area contributed by atoms with E-state index in [4.69, 9.17) is 11.6 Å². The first-order valence-electron chi connectivity index (χ1n) is 10.5. The number of halogens is 1.